The van der Waals surface area contributed by atoms with Crippen molar-refractivity contribution >= 4 is 17.5 Å². The average molecular weight is 411 g/mol. The molecule has 5 nitrogen and oxygen atoms in total. The van der Waals surface area contributed by atoms with E-state index in [9.17, 15) is 27.2 Å². The number of para-hydroxylation sites is 1. The lowest BCUT2D eigenvalue weighted by atomic mass is 10.1. The van der Waals surface area contributed by atoms with Crippen LogP contribution >= 0.6 is 0 Å². The standard InChI is InChI=1S/C20H21F4N3O2/c1-13(18(28)26-17-6-4-3-5-16(17)21)27(2)11-14-7-9-15(10-8-14)19(29)25-12-20(22,23)24/h3-10,13H,11-12H2,1-2H3,(H,25,29)(H,26,28). The summed E-state index contributed by atoms with van der Waals surface area (Å²) in [5.41, 5.74) is 0.948. The summed E-state index contributed by atoms with van der Waals surface area (Å²) in [6, 6.07) is 11.3. The lowest BCUT2D eigenvalue weighted by Gasteiger charge is -2.24. The molecule has 2 N–H and O–H groups in total. The minimum absolute atomic E-state index is 0.0898. The summed E-state index contributed by atoms with van der Waals surface area (Å²) in [5.74, 6) is -1.74. The van der Waals surface area contributed by atoms with Gasteiger partial charge in [-0.3, -0.25) is 14.5 Å². The molecule has 2 aromatic rings. The van der Waals surface area contributed by atoms with E-state index in [-0.39, 0.29) is 17.2 Å². The van der Waals surface area contributed by atoms with Crippen LogP contribution in [0.25, 0.3) is 0 Å². The fraction of sp³-hybridized carbons (Fsp3) is 0.300. The number of halogens is 4. The van der Waals surface area contributed by atoms with Gasteiger partial charge in [0, 0.05) is 12.1 Å². The van der Waals surface area contributed by atoms with Crippen LogP contribution in [0.15, 0.2) is 48.5 Å². The topological polar surface area (TPSA) is 61.4 Å². The van der Waals surface area contributed by atoms with Crippen molar-refractivity contribution in [3.05, 3.63) is 65.5 Å². The number of likely N-dealkylation sites (N-methyl/N-ethyl adjacent to an activating group) is 1. The van der Waals surface area contributed by atoms with E-state index in [1.807, 2.05) is 0 Å². The highest BCUT2D eigenvalue weighted by Crippen LogP contribution is 2.15. The van der Waals surface area contributed by atoms with E-state index in [1.165, 1.54) is 30.3 Å². The van der Waals surface area contributed by atoms with Gasteiger partial charge in [0.25, 0.3) is 5.91 Å². The van der Waals surface area contributed by atoms with Gasteiger partial charge < -0.3 is 10.6 Å². The average Bonchev–Trinajstić information content (AvgIpc) is 2.67. The number of hydrogen-bond donors (Lipinski definition) is 2. The van der Waals surface area contributed by atoms with Crippen LogP contribution in [0.5, 0.6) is 0 Å². The lowest BCUT2D eigenvalue weighted by molar-refractivity contribution is -0.123. The Morgan fingerprint density at radius 1 is 1.07 bits per heavy atom. The molecule has 2 amide bonds. The quantitative estimate of drug-likeness (QED) is 0.685. The number of nitrogens with one attached hydrogen (secondary N) is 2. The van der Waals surface area contributed by atoms with Gasteiger partial charge >= 0.3 is 6.18 Å². The molecule has 1 atom stereocenters. The van der Waals surface area contributed by atoms with E-state index < -0.39 is 30.5 Å². The zero-order chi connectivity index (χ0) is 21.6. The minimum Gasteiger partial charge on any atom is -0.343 e. The van der Waals surface area contributed by atoms with Gasteiger partial charge in [-0.15, -0.1) is 0 Å². The third-order valence-electron chi connectivity index (χ3n) is 4.27. The zero-order valence-corrected chi connectivity index (χ0v) is 15.9. The van der Waals surface area contributed by atoms with E-state index in [4.69, 9.17) is 0 Å². The number of anilines is 1. The minimum atomic E-state index is -4.47. The molecule has 0 saturated carbocycles. The molecule has 9 heteroatoms. The Hall–Kier alpha value is -2.94. The Morgan fingerprint density at radius 3 is 2.28 bits per heavy atom. The van der Waals surface area contributed by atoms with Crippen molar-refractivity contribution in [1.82, 2.24) is 10.2 Å². The molecule has 2 aromatic carbocycles. The van der Waals surface area contributed by atoms with Crippen LogP contribution in [0.2, 0.25) is 0 Å². The fourth-order valence-electron chi connectivity index (χ4n) is 2.47. The van der Waals surface area contributed by atoms with Crippen LogP contribution in [0, 0.1) is 5.82 Å². The SMILES string of the molecule is CC(C(=O)Nc1ccccc1F)N(C)Cc1ccc(C(=O)NCC(F)(F)F)cc1. The highest BCUT2D eigenvalue weighted by Gasteiger charge is 2.28. The second-order valence-electron chi connectivity index (χ2n) is 6.55. The Balaban J connectivity index is 1.92. The van der Waals surface area contributed by atoms with E-state index in [2.05, 4.69) is 5.32 Å². The van der Waals surface area contributed by atoms with E-state index >= 15 is 0 Å². The lowest BCUT2D eigenvalue weighted by Crippen LogP contribution is -2.39. The molecule has 0 aliphatic rings. The monoisotopic (exact) mass is 411 g/mol. The molecule has 0 spiro atoms. The second kappa shape index (κ2) is 9.51. The predicted molar refractivity (Wildman–Crippen MR) is 101 cm³/mol. The highest BCUT2D eigenvalue weighted by atomic mass is 19.4. The molecule has 0 radical (unpaired) electrons. The van der Waals surface area contributed by atoms with Crippen molar-refractivity contribution in [2.75, 3.05) is 18.9 Å². The first-order chi connectivity index (χ1) is 13.6. The van der Waals surface area contributed by atoms with Crippen molar-refractivity contribution in [2.45, 2.75) is 25.7 Å². The van der Waals surface area contributed by atoms with E-state index in [1.54, 1.807) is 42.4 Å². The summed E-state index contributed by atoms with van der Waals surface area (Å²) in [7, 11) is 1.70. The molecular formula is C20H21F4N3O2. The molecule has 0 fully saturated rings. The maximum atomic E-state index is 13.7. The predicted octanol–water partition coefficient (Wildman–Crippen LogP) is 3.58. The molecule has 156 valence electrons. The van der Waals surface area contributed by atoms with Gasteiger partial charge in [-0.25, -0.2) is 4.39 Å². The van der Waals surface area contributed by atoms with Gasteiger partial charge in [0.05, 0.1) is 11.7 Å². The summed E-state index contributed by atoms with van der Waals surface area (Å²) in [6.45, 7) is 0.608. The smallest absolute Gasteiger partial charge is 0.343 e. The Kier molecular flexibility index (Phi) is 7.33. The number of amides is 2. The van der Waals surface area contributed by atoms with Gasteiger partial charge in [-0.05, 0) is 43.8 Å². The number of benzene rings is 2. The molecule has 0 saturated heterocycles. The van der Waals surface area contributed by atoms with Gasteiger partial charge in [-0.1, -0.05) is 24.3 Å². The molecule has 0 aliphatic heterocycles. The van der Waals surface area contributed by atoms with Crippen LogP contribution in [0.3, 0.4) is 0 Å². The van der Waals surface area contributed by atoms with Gasteiger partial charge in [-0.2, -0.15) is 13.2 Å². The first-order valence-corrected chi connectivity index (χ1v) is 8.76. The summed E-state index contributed by atoms with van der Waals surface area (Å²) in [6.07, 6.45) is -4.47. The first-order valence-electron chi connectivity index (χ1n) is 8.76. The van der Waals surface area contributed by atoms with Crippen LogP contribution < -0.4 is 10.6 Å². The highest BCUT2D eigenvalue weighted by molar-refractivity contribution is 5.95. The van der Waals surface area contributed by atoms with Crippen molar-refractivity contribution in [3.63, 3.8) is 0 Å². The maximum absolute atomic E-state index is 13.7. The number of rotatable bonds is 7. The van der Waals surface area contributed by atoms with E-state index in [0.717, 1.165) is 5.56 Å². The molecule has 29 heavy (non-hydrogen) atoms. The number of hydrogen-bond acceptors (Lipinski definition) is 3. The van der Waals surface area contributed by atoms with Crippen molar-refractivity contribution in [3.8, 4) is 0 Å². The molecule has 0 bridgehead atoms. The van der Waals surface area contributed by atoms with Crippen LogP contribution in [0.4, 0.5) is 23.2 Å². The summed E-state index contributed by atoms with van der Waals surface area (Å²) in [5, 5.41) is 4.33. The van der Waals surface area contributed by atoms with Crippen molar-refractivity contribution in [2.24, 2.45) is 0 Å². The van der Waals surface area contributed by atoms with Crippen LogP contribution in [-0.4, -0.2) is 42.5 Å². The number of nitrogens with zero attached hydrogens (tertiary/aromatic N) is 1. The van der Waals surface area contributed by atoms with Gasteiger partial charge in [0.2, 0.25) is 5.91 Å². The first kappa shape index (κ1) is 22.4. The molecule has 0 heterocycles. The van der Waals surface area contributed by atoms with Crippen molar-refractivity contribution in [1.29, 1.82) is 0 Å². The second-order valence-corrected chi connectivity index (χ2v) is 6.55. The molecular weight excluding hydrogens is 390 g/mol. The van der Waals surface area contributed by atoms with Crippen molar-refractivity contribution < 1.29 is 27.2 Å². The summed E-state index contributed by atoms with van der Waals surface area (Å²) in [4.78, 5) is 25.8. The largest absolute Gasteiger partial charge is 0.405 e. The maximum Gasteiger partial charge on any atom is 0.405 e. The Bertz CT molecular complexity index is 854. The fourth-order valence-corrected chi connectivity index (χ4v) is 2.47. The number of carbonyl (C=O) groups excluding carboxylic acids is 2. The van der Waals surface area contributed by atoms with Gasteiger partial charge in [0.15, 0.2) is 0 Å². The Labute approximate surface area is 165 Å². The van der Waals surface area contributed by atoms with Gasteiger partial charge in [0.1, 0.15) is 12.4 Å². The molecule has 0 aromatic heterocycles. The molecule has 2 rings (SSSR count). The Morgan fingerprint density at radius 2 is 1.69 bits per heavy atom. The normalized spacial score (nSPS) is 12.5. The van der Waals surface area contributed by atoms with E-state index in [0.29, 0.717) is 6.54 Å². The summed E-state index contributed by atoms with van der Waals surface area (Å²) < 4.78 is 50.2. The molecule has 0 aliphatic carbocycles. The molecule has 1 unspecified atom stereocenters. The summed E-state index contributed by atoms with van der Waals surface area (Å²) >= 11 is 0. The number of carbonyl (C=O) groups is 2. The number of alkyl halides is 3. The van der Waals surface area contributed by atoms with Crippen LogP contribution in [-0.2, 0) is 11.3 Å². The zero-order valence-electron chi connectivity index (χ0n) is 15.9. The van der Waals surface area contributed by atoms with Crippen LogP contribution in [0.1, 0.15) is 22.8 Å². The third-order valence-corrected chi connectivity index (χ3v) is 4.27. The third kappa shape index (κ3) is 6.86.